The van der Waals surface area contributed by atoms with Crippen LogP contribution in [0.15, 0.2) is 24.4 Å². The van der Waals surface area contributed by atoms with Gasteiger partial charge >= 0.3 is 6.36 Å². The number of fused-ring (bicyclic) bond motifs is 2. The minimum absolute atomic E-state index is 0.0199. The number of carbonyl (C=O) groups is 2. The number of benzene rings is 1. The number of aliphatic hydroxyl groups is 1. The van der Waals surface area contributed by atoms with Gasteiger partial charge in [-0.05, 0) is 93.9 Å². The van der Waals surface area contributed by atoms with Crippen molar-refractivity contribution in [3.05, 3.63) is 41.1 Å². The van der Waals surface area contributed by atoms with Crippen molar-refractivity contribution in [3.8, 4) is 17.0 Å². The second-order valence-corrected chi connectivity index (χ2v) is 12.5. The highest BCUT2D eigenvalue weighted by Gasteiger charge is 2.48. The lowest BCUT2D eigenvalue weighted by atomic mass is 9.81. The lowest BCUT2D eigenvalue weighted by molar-refractivity contribution is -0.274. The normalized spacial score (nSPS) is 23.7. The fourth-order valence-electron chi connectivity index (χ4n) is 6.85. The maximum Gasteiger partial charge on any atom is 0.573 e. The molecule has 1 atom stereocenters. The molecule has 3 aromatic rings. The number of amides is 2. The molecule has 4 N–H and O–H groups in total. The van der Waals surface area contributed by atoms with E-state index in [1.54, 1.807) is 17.0 Å². The average molecular weight is 599 g/mol. The fraction of sp³-hybridized carbons (Fsp3) is 0.533. The van der Waals surface area contributed by atoms with Gasteiger partial charge in [0.25, 0.3) is 11.8 Å². The Labute approximate surface area is 245 Å². The van der Waals surface area contributed by atoms with Gasteiger partial charge in [0.2, 0.25) is 0 Å². The Bertz CT molecular complexity index is 1620. The Morgan fingerprint density at radius 2 is 1.91 bits per heavy atom. The summed E-state index contributed by atoms with van der Waals surface area (Å²) in [4.78, 5) is 32.8. The summed E-state index contributed by atoms with van der Waals surface area (Å²) in [5, 5.41) is 17.7. The molecule has 2 aromatic heterocycles. The number of ether oxygens (including phenoxy) is 1. The van der Waals surface area contributed by atoms with Crippen LogP contribution < -0.4 is 15.8 Å². The van der Waals surface area contributed by atoms with Gasteiger partial charge in [0.15, 0.2) is 11.5 Å². The Morgan fingerprint density at radius 3 is 2.56 bits per heavy atom. The maximum absolute atomic E-state index is 13.4. The third-order valence-corrected chi connectivity index (χ3v) is 9.64. The number of alkyl halides is 3. The number of hydrogen-bond donors (Lipinski definition) is 3. The summed E-state index contributed by atoms with van der Waals surface area (Å²) in [7, 11) is 0. The molecule has 228 valence electrons. The van der Waals surface area contributed by atoms with Crippen molar-refractivity contribution >= 4 is 23.3 Å². The van der Waals surface area contributed by atoms with E-state index in [9.17, 15) is 27.9 Å². The Morgan fingerprint density at radius 1 is 1.19 bits per heavy atom. The van der Waals surface area contributed by atoms with Crippen LogP contribution in [-0.4, -0.2) is 60.5 Å². The summed E-state index contributed by atoms with van der Waals surface area (Å²) < 4.78 is 46.1. The quantitative estimate of drug-likeness (QED) is 0.366. The molecule has 3 saturated carbocycles. The first-order chi connectivity index (χ1) is 20.4. The molecule has 4 aliphatic rings. The number of halogens is 3. The van der Waals surface area contributed by atoms with E-state index in [0.29, 0.717) is 17.0 Å². The van der Waals surface area contributed by atoms with Crippen molar-refractivity contribution in [3.63, 3.8) is 0 Å². The van der Waals surface area contributed by atoms with Crippen LogP contribution in [0.3, 0.4) is 0 Å². The maximum atomic E-state index is 13.4. The largest absolute Gasteiger partial charge is 0.573 e. The van der Waals surface area contributed by atoms with Crippen molar-refractivity contribution in [2.45, 2.75) is 88.9 Å². The number of nitrogens with zero attached hydrogens (tertiary/aromatic N) is 4. The lowest BCUT2D eigenvalue weighted by Crippen LogP contribution is -2.40. The molecule has 13 heteroatoms. The van der Waals surface area contributed by atoms with E-state index >= 15 is 0 Å². The molecule has 1 aromatic carbocycles. The zero-order valence-electron chi connectivity index (χ0n) is 23.7. The number of nitrogens with two attached hydrogens (primary N) is 1. The molecule has 43 heavy (non-hydrogen) atoms. The second kappa shape index (κ2) is 9.83. The molecule has 7 rings (SSSR count). The molecule has 2 amide bonds. The van der Waals surface area contributed by atoms with Crippen molar-refractivity contribution in [2.24, 2.45) is 11.8 Å². The van der Waals surface area contributed by atoms with Crippen LogP contribution in [0.1, 0.15) is 84.6 Å². The summed E-state index contributed by atoms with van der Waals surface area (Å²) >= 11 is 0. The first kappa shape index (κ1) is 27.9. The lowest BCUT2D eigenvalue weighted by Gasteiger charge is -2.32. The van der Waals surface area contributed by atoms with E-state index in [1.165, 1.54) is 16.8 Å². The van der Waals surface area contributed by atoms with Gasteiger partial charge in [-0.25, -0.2) is 9.50 Å². The van der Waals surface area contributed by atoms with E-state index in [2.05, 4.69) is 20.1 Å². The highest BCUT2D eigenvalue weighted by atomic mass is 19.4. The predicted molar refractivity (Wildman–Crippen MR) is 149 cm³/mol. The SMILES string of the molecule is CC(C1CC1)N1Cc2cc(-c3ccn4nc(N)c(C(=O)NC5CCC(C6(O)CC6)CC5)c4n3)cc(OC(F)(F)F)c2C1=O. The van der Waals surface area contributed by atoms with Crippen LogP contribution in [0.4, 0.5) is 19.0 Å². The monoisotopic (exact) mass is 598 g/mol. The van der Waals surface area contributed by atoms with Crippen molar-refractivity contribution in [1.29, 1.82) is 0 Å². The summed E-state index contributed by atoms with van der Waals surface area (Å²) in [6.07, 6.45) is 3.31. The number of aromatic nitrogens is 3. The first-order valence-corrected chi connectivity index (χ1v) is 14.8. The number of hydrogen-bond acceptors (Lipinski definition) is 7. The topological polar surface area (TPSA) is 135 Å². The van der Waals surface area contributed by atoms with Crippen LogP contribution in [0.2, 0.25) is 0 Å². The smallest absolute Gasteiger partial charge is 0.405 e. The number of rotatable bonds is 7. The van der Waals surface area contributed by atoms with Crippen LogP contribution in [0.25, 0.3) is 16.9 Å². The number of carbonyl (C=O) groups excluding carboxylic acids is 2. The van der Waals surface area contributed by atoms with Crippen molar-refractivity contribution in [2.75, 3.05) is 5.73 Å². The Hall–Kier alpha value is -3.87. The highest BCUT2D eigenvalue weighted by Crippen LogP contribution is 2.48. The van der Waals surface area contributed by atoms with Crippen LogP contribution in [-0.2, 0) is 6.54 Å². The van der Waals surface area contributed by atoms with Gasteiger partial charge in [0.1, 0.15) is 11.3 Å². The van der Waals surface area contributed by atoms with Crippen LogP contribution >= 0.6 is 0 Å². The predicted octanol–water partition coefficient (Wildman–Crippen LogP) is 4.44. The summed E-state index contributed by atoms with van der Waals surface area (Å²) in [5.41, 5.74) is 6.75. The van der Waals surface area contributed by atoms with Crippen LogP contribution in [0, 0.1) is 11.8 Å². The fourth-order valence-corrected chi connectivity index (χ4v) is 6.85. The molecule has 0 bridgehead atoms. The molecule has 3 aliphatic carbocycles. The third kappa shape index (κ3) is 5.17. The molecule has 0 radical (unpaired) electrons. The molecule has 1 unspecified atom stereocenters. The minimum atomic E-state index is -5.00. The third-order valence-electron chi connectivity index (χ3n) is 9.64. The van der Waals surface area contributed by atoms with Gasteiger partial charge in [0, 0.05) is 30.4 Å². The molecular formula is C30H33F3N6O4. The van der Waals surface area contributed by atoms with Crippen molar-refractivity contribution in [1.82, 2.24) is 24.8 Å². The molecule has 1 aliphatic heterocycles. The molecule has 3 fully saturated rings. The van der Waals surface area contributed by atoms with Gasteiger partial charge in [-0.3, -0.25) is 9.59 Å². The van der Waals surface area contributed by atoms with E-state index in [0.717, 1.165) is 51.4 Å². The molecular weight excluding hydrogens is 565 g/mol. The number of nitrogens with one attached hydrogen (secondary N) is 1. The second-order valence-electron chi connectivity index (χ2n) is 12.5. The van der Waals surface area contributed by atoms with Gasteiger partial charge < -0.3 is 25.8 Å². The Kier molecular flexibility index (Phi) is 6.39. The van der Waals surface area contributed by atoms with Gasteiger partial charge in [-0.1, -0.05) is 0 Å². The summed E-state index contributed by atoms with van der Waals surface area (Å²) in [6, 6.07) is 4.20. The zero-order valence-corrected chi connectivity index (χ0v) is 23.7. The average Bonchev–Trinajstić information content (AvgIpc) is 3.87. The van der Waals surface area contributed by atoms with Gasteiger partial charge in [-0.2, -0.15) is 0 Å². The number of nitrogen functional groups attached to an aromatic ring is 1. The van der Waals surface area contributed by atoms with E-state index < -0.39 is 29.5 Å². The first-order valence-electron chi connectivity index (χ1n) is 14.8. The van der Waals surface area contributed by atoms with Crippen molar-refractivity contribution < 1.29 is 32.6 Å². The van der Waals surface area contributed by atoms with Crippen LogP contribution in [0.5, 0.6) is 5.75 Å². The molecule has 0 saturated heterocycles. The Balaban J connectivity index is 1.19. The molecule has 10 nitrogen and oxygen atoms in total. The summed E-state index contributed by atoms with van der Waals surface area (Å²) in [5.74, 6) is -0.916. The minimum Gasteiger partial charge on any atom is -0.405 e. The van der Waals surface area contributed by atoms with Gasteiger partial charge in [-0.15, -0.1) is 18.3 Å². The number of anilines is 1. The van der Waals surface area contributed by atoms with E-state index in [4.69, 9.17) is 5.73 Å². The standard InChI is InChI=1S/C30H33F3N6O4/c1-15(16-2-3-16)38-14-18-12-17(13-22(23(18)28(38)41)43-30(31,32)33)21-8-11-39-26(36-21)24(25(34)37-39)27(40)35-20-6-4-19(5-7-20)29(42)9-10-29/h8,11-13,15-16,19-20,42H,2-7,9-10,14H2,1H3,(H2,34,37)(H,35,40). The van der Waals surface area contributed by atoms with E-state index in [1.807, 2.05) is 6.92 Å². The van der Waals surface area contributed by atoms with E-state index in [-0.39, 0.29) is 52.8 Å². The summed E-state index contributed by atoms with van der Waals surface area (Å²) in [6.45, 7) is 2.09. The van der Waals surface area contributed by atoms with Gasteiger partial charge in [0.05, 0.1) is 16.9 Å². The highest BCUT2D eigenvalue weighted by molar-refractivity contribution is 6.05. The zero-order chi connectivity index (χ0) is 30.3. The molecule has 3 heterocycles. The molecule has 0 spiro atoms.